The summed E-state index contributed by atoms with van der Waals surface area (Å²) in [5, 5.41) is 11.5. The first kappa shape index (κ1) is 11.8. The third-order valence-corrected chi connectivity index (χ3v) is 3.98. The molecule has 4 nitrogen and oxygen atoms in total. The molecule has 0 bridgehead atoms. The zero-order valence-electron chi connectivity index (χ0n) is 10.5. The van der Waals surface area contributed by atoms with Crippen LogP contribution in [0.5, 0.6) is 0 Å². The van der Waals surface area contributed by atoms with Gasteiger partial charge in [0.05, 0.1) is 16.6 Å². The van der Waals surface area contributed by atoms with Crippen molar-refractivity contribution in [3.63, 3.8) is 0 Å². The van der Waals surface area contributed by atoms with E-state index in [0.717, 1.165) is 16.8 Å². The van der Waals surface area contributed by atoms with Crippen molar-refractivity contribution >= 4 is 22.5 Å². The van der Waals surface area contributed by atoms with Crippen molar-refractivity contribution in [3.8, 4) is 5.69 Å². The third-order valence-electron chi connectivity index (χ3n) is 3.75. The van der Waals surface area contributed by atoms with Crippen molar-refractivity contribution in [3.05, 3.63) is 63.4 Å². The zero-order chi connectivity index (χ0) is 13.9. The van der Waals surface area contributed by atoms with Crippen LogP contribution in [0.3, 0.4) is 0 Å². The van der Waals surface area contributed by atoms with Gasteiger partial charge in [-0.25, -0.2) is 9.36 Å². The van der Waals surface area contributed by atoms with E-state index in [-0.39, 0.29) is 5.56 Å². The molecule has 1 N–H and O–H groups in total. The largest absolute Gasteiger partial charge is 0.371 e. The highest BCUT2D eigenvalue weighted by Gasteiger charge is 2.26. The van der Waals surface area contributed by atoms with E-state index in [1.807, 2.05) is 30.3 Å². The Hall–Kier alpha value is -2.04. The third kappa shape index (κ3) is 1.43. The van der Waals surface area contributed by atoms with Gasteiger partial charge in [-0.3, -0.25) is 4.79 Å². The van der Waals surface area contributed by atoms with Crippen LogP contribution in [0.1, 0.15) is 11.8 Å². The molecule has 0 amide bonds. The van der Waals surface area contributed by atoms with Crippen LogP contribution in [-0.4, -0.2) is 14.5 Å². The molecule has 0 saturated carbocycles. The van der Waals surface area contributed by atoms with Crippen LogP contribution < -0.4 is 5.56 Å². The van der Waals surface area contributed by atoms with E-state index in [9.17, 15) is 9.90 Å². The summed E-state index contributed by atoms with van der Waals surface area (Å²) in [7, 11) is 0. The maximum Gasteiger partial charge on any atom is 0.277 e. The molecule has 3 aromatic rings. The number of benzene rings is 2. The lowest BCUT2D eigenvalue weighted by Gasteiger charge is -2.26. The Kier molecular flexibility index (Phi) is 2.34. The number of nitrogens with zero attached hydrogens (tertiary/aromatic N) is 2. The highest BCUT2D eigenvalue weighted by atomic mass is 35.5. The van der Waals surface area contributed by atoms with E-state index in [2.05, 4.69) is 0 Å². The molecule has 0 saturated heterocycles. The Bertz CT molecular complexity index is 895. The fraction of sp³-hybridized carbons (Fsp3) is 0.133. The minimum Gasteiger partial charge on any atom is -0.371 e. The molecule has 0 spiro atoms. The number of aliphatic hydroxyl groups excluding tert-OH is 1. The topological polar surface area (TPSA) is 47.2 Å². The number of hydrogen-bond acceptors (Lipinski definition) is 2. The van der Waals surface area contributed by atoms with Gasteiger partial charge in [0.2, 0.25) is 0 Å². The van der Waals surface area contributed by atoms with Crippen LogP contribution in [0.15, 0.2) is 47.3 Å². The van der Waals surface area contributed by atoms with Gasteiger partial charge in [-0.2, -0.15) is 0 Å². The fourth-order valence-corrected chi connectivity index (χ4v) is 3.04. The molecule has 1 aliphatic rings. The molecule has 0 fully saturated rings. The van der Waals surface area contributed by atoms with Crippen molar-refractivity contribution in [2.45, 2.75) is 12.6 Å². The minimum absolute atomic E-state index is 0.182. The summed E-state index contributed by atoms with van der Waals surface area (Å²) in [6.45, 7) is 0. The summed E-state index contributed by atoms with van der Waals surface area (Å²) in [5.41, 5.74) is 2.42. The second-order valence-corrected chi connectivity index (χ2v) is 5.37. The molecule has 1 aliphatic heterocycles. The molecule has 20 heavy (non-hydrogen) atoms. The Morgan fingerprint density at radius 3 is 2.85 bits per heavy atom. The normalized spacial score (nSPS) is 17.0. The maximum atomic E-state index is 12.4. The monoisotopic (exact) mass is 286 g/mol. The number of hydrogen-bond donors (Lipinski definition) is 1. The van der Waals surface area contributed by atoms with Crippen LogP contribution in [0.2, 0.25) is 5.02 Å². The second-order valence-electron chi connectivity index (χ2n) is 4.94. The van der Waals surface area contributed by atoms with Gasteiger partial charge >= 0.3 is 0 Å². The summed E-state index contributed by atoms with van der Waals surface area (Å²) in [4.78, 5) is 12.4. The van der Waals surface area contributed by atoms with Gasteiger partial charge in [-0.1, -0.05) is 29.8 Å². The molecule has 5 heteroatoms. The van der Waals surface area contributed by atoms with Crippen LogP contribution in [0, 0.1) is 0 Å². The van der Waals surface area contributed by atoms with Gasteiger partial charge < -0.3 is 5.11 Å². The highest BCUT2D eigenvalue weighted by molar-refractivity contribution is 6.30. The summed E-state index contributed by atoms with van der Waals surface area (Å²) in [6, 6.07) is 12.9. The molecular weight excluding hydrogens is 276 g/mol. The van der Waals surface area contributed by atoms with Gasteiger partial charge in [-0.05, 0) is 29.8 Å². The van der Waals surface area contributed by atoms with E-state index < -0.39 is 6.23 Å². The van der Waals surface area contributed by atoms with E-state index in [4.69, 9.17) is 11.6 Å². The summed E-state index contributed by atoms with van der Waals surface area (Å²) < 4.78 is 3.15. The van der Waals surface area contributed by atoms with Crippen molar-refractivity contribution in [1.82, 2.24) is 9.36 Å². The fourth-order valence-electron chi connectivity index (χ4n) is 2.87. The molecule has 1 atom stereocenters. The van der Waals surface area contributed by atoms with Crippen molar-refractivity contribution < 1.29 is 5.11 Å². The lowest BCUT2D eigenvalue weighted by molar-refractivity contribution is 0.0749. The van der Waals surface area contributed by atoms with Crippen LogP contribution in [0.4, 0.5) is 0 Å². The zero-order valence-corrected chi connectivity index (χ0v) is 11.2. The van der Waals surface area contributed by atoms with Gasteiger partial charge in [0.15, 0.2) is 6.23 Å². The van der Waals surface area contributed by atoms with E-state index in [1.54, 1.807) is 16.8 Å². The summed E-state index contributed by atoms with van der Waals surface area (Å²) in [5.74, 6) is 0. The molecule has 0 radical (unpaired) electrons. The Morgan fingerprint density at radius 1 is 1.20 bits per heavy atom. The second kappa shape index (κ2) is 3.98. The van der Waals surface area contributed by atoms with Gasteiger partial charge in [0.1, 0.15) is 0 Å². The number of aliphatic hydroxyl groups is 1. The lowest BCUT2D eigenvalue weighted by Crippen LogP contribution is -2.32. The van der Waals surface area contributed by atoms with E-state index >= 15 is 0 Å². The average molecular weight is 287 g/mol. The molecule has 1 aromatic heterocycles. The standard InChI is InChI=1S/C15H11ClN2O2/c16-10-6-5-9-7-14(19)18-15(20)11-3-1-2-4-12(11)17(18)13(9)8-10/h1-6,8,14,19H,7H2. The Balaban J connectivity index is 2.21. The molecule has 2 aromatic carbocycles. The maximum absolute atomic E-state index is 12.4. The van der Waals surface area contributed by atoms with Gasteiger partial charge in [0, 0.05) is 11.4 Å². The van der Waals surface area contributed by atoms with Crippen LogP contribution in [-0.2, 0) is 6.42 Å². The predicted molar refractivity (Wildman–Crippen MR) is 77.5 cm³/mol. The van der Waals surface area contributed by atoms with Crippen molar-refractivity contribution in [1.29, 1.82) is 0 Å². The molecule has 100 valence electrons. The number of para-hydroxylation sites is 1. The minimum atomic E-state index is -0.858. The number of fused-ring (bicyclic) bond motifs is 5. The van der Waals surface area contributed by atoms with Crippen molar-refractivity contribution in [2.75, 3.05) is 0 Å². The quantitative estimate of drug-likeness (QED) is 0.690. The number of aromatic nitrogens is 2. The van der Waals surface area contributed by atoms with Gasteiger partial charge in [-0.15, -0.1) is 0 Å². The molecule has 4 rings (SSSR count). The van der Waals surface area contributed by atoms with Crippen molar-refractivity contribution in [2.24, 2.45) is 0 Å². The SMILES string of the molecule is O=c1c2ccccc2n2n1C(O)Cc1ccc(Cl)cc1-2. The Morgan fingerprint density at radius 2 is 2.00 bits per heavy atom. The Labute approximate surface area is 119 Å². The first-order valence-corrected chi connectivity index (χ1v) is 6.74. The van der Waals surface area contributed by atoms with Gasteiger partial charge in [0.25, 0.3) is 5.56 Å². The molecule has 2 heterocycles. The number of halogens is 1. The lowest BCUT2D eigenvalue weighted by atomic mass is 10.1. The predicted octanol–water partition coefficient (Wildman–Crippen LogP) is 2.49. The average Bonchev–Trinajstić information content (AvgIpc) is 2.75. The number of rotatable bonds is 0. The molecule has 0 aliphatic carbocycles. The van der Waals surface area contributed by atoms with Crippen LogP contribution >= 0.6 is 11.6 Å². The first-order chi connectivity index (χ1) is 9.66. The van der Waals surface area contributed by atoms with E-state index in [0.29, 0.717) is 16.8 Å². The molecular formula is C15H11ClN2O2. The summed E-state index contributed by atoms with van der Waals surface area (Å²) >= 11 is 6.07. The highest BCUT2D eigenvalue weighted by Crippen LogP contribution is 2.30. The smallest absolute Gasteiger partial charge is 0.277 e. The molecule has 1 unspecified atom stereocenters. The van der Waals surface area contributed by atoms with Crippen LogP contribution in [0.25, 0.3) is 16.6 Å². The van der Waals surface area contributed by atoms with E-state index in [1.165, 1.54) is 4.68 Å². The first-order valence-electron chi connectivity index (χ1n) is 6.36. The summed E-state index contributed by atoms with van der Waals surface area (Å²) in [6.07, 6.45) is -0.452.